The molecule has 5 aromatic rings. The Labute approximate surface area is 147 Å². The van der Waals surface area contributed by atoms with Crippen LogP contribution in [0.4, 0.5) is 0 Å². The van der Waals surface area contributed by atoms with E-state index in [1.807, 2.05) is 30.6 Å². The lowest BCUT2D eigenvalue weighted by Crippen LogP contribution is -2.30. The van der Waals surface area contributed by atoms with E-state index in [0.717, 1.165) is 29.0 Å². The monoisotopic (exact) mass is 341 g/mol. The van der Waals surface area contributed by atoms with Crippen LogP contribution in [0.15, 0.2) is 67.0 Å². The van der Waals surface area contributed by atoms with Crippen LogP contribution in [0.5, 0.6) is 0 Å². The zero-order valence-electron chi connectivity index (χ0n) is 13.3. The second-order valence-corrected chi connectivity index (χ2v) is 7.18. The van der Waals surface area contributed by atoms with E-state index in [9.17, 15) is 0 Å². The summed E-state index contributed by atoms with van der Waals surface area (Å²) in [6.07, 6.45) is 3.75. The third-order valence-electron chi connectivity index (χ3n) is 4.80. The molecule has 0 N–H and O–H groups in total. The molecule has 0 bridgehead atoms. The van der Waals surface area contributed by atoms with Gasteiger partial charge in [0.25, 0.3) is 10.5 Å². The molecule has 0 radical (unpaired) electrons. The van der Waals surface area contributed by atoms with Gasteiger partial charge in [0.1, 0.15) is 0 Å². The summed E-state index contributed by atoms with van der Waals surface area (Å²) in [5.41, 5.74) is 6.96. The van der Waals surface area contributed by atoms with Gasteiger partial charge in [-0.15, -0.1) is 0 Å². The van der Waals surface area contributed by atoms with Crippen LogP contribution in [-0.2, 0) is 6.54 Å². The van der Waals surface area contributed by atoms with E-state index in [2.05, 4.69) is 50.5 Å². The molecule has 5 heteroatoms. The number of hydrogen-bond donors (Lipinski definition) is 0. The van der Waals surface area contributed by atoms with E-state index in [4.69, 9.17) is 4.98 Å². The molecule has 1 aliphatic heterocycles. The van der Waals surface area contributed by atoms with Gasteiger partial charge in [0.15, 0.2) is 22.6 Å². The third kappa shape index (κ3) is 1.68. The minimum atomic E-state index is 0.864. The maximum atomic E-state index is 4.71. The molecule has 0 saturated heterocycles. The second kappa shape index (κ2) is 4.74. The second-order valence-electron chi connectivity index (χ2n) is 6.20. The van der Waals surface area contributed by atoms with Gasteiger partial charge < -0.3 is 0 Å². The Hall–Kier alpha value is -3.05. The standard InChI is InChI=1S/C20H13N4S/c1-2-7-14(8-3-1)24-15-9-5-11-22-17(15)18-20(24)25-19-16-13(12-23(18)19)6-4-10-21-16/h1-11H,12H2/q+1. The van der Waals surface area contributed by atoms with Gasteiger partial charge in [-0.05, 0) is 47.7 Å². The molecule has 1 aliphatic rings. The Kier molecular flexibility index (Phi) is 2.51. The van der Waals surface area contributed by atoms with Crippen molar-refractivity contribution in [3.63, 3.8) is 0 Å². The Balaban J connectivity index is 1.78. The summed E-state index contributed by atoms with van der Waals surface area (Å²) < 4.78 is 4.68. The summed E-state index contributed by atoms with van der Waals surface area (Å²) >= 11 is 1.80. The molecular weight excluding hydrogens is 328 g/mol. The van der Waals surface area contributed by atoms with Crippen molar-refractivity contribution in [2.24, 2.45) is 0 Å². The predicted octanol–water partition coefficient (Wildman–Crippen LogP) is 3.95. The molecule has 0 unspecified atom stereocenters. The molecule has 1 aromatic carbocycles. The molecule has 0 fully saturated rings. The quantitative estimate of drug-likeness (QED) is 0.424. The van der Waals surface area contributed by atoms with Crippen molar-refractivity contribution in [1.29, 1.82) is 0 Å². The zero-order chi connectivity index (χ0) is 16.4. The molecule has 4 aromatic heterocycles. The first-order chi connectivity index (χ1) is 12.4. The van der Waals surface area contributed by atoms with E-state index >= 15 is 0 Å². The van der Waals surface area contributed by atoms with Crippen molar-refractivity contribution in [3.8, 4) is 16.4 Å². The van der Waals surface area contributed by atoms with Crippen LogP contribution >= 0.6 is 11.3 Å². The third-order valence-corrected chi connectivity index (χ3v) is 5.98. The summed E-state index contributed by atoms with van der Waals surface area (Å²) in [6, 6.07) is 18.8. The van der Waals surface area contributed by atoms with Crippen LogP contribution in [0.3, 0.4) is 0 Å². The number of nitrogens with zero attached hydrogens (tertiary/aromatic N) is 4. The molecule has 0 saturated carbocycles. The van der Waals surface area contributed by atoms with Crippen LogP contribution in [-0.4, -0.2) is 14.5 Å². The number of fused-ring (bicyclic) bond motifs is 7. The minimum Gasteiger partial charge on any atom is -0.294 e. The van der Waals surface area contributed by atoms with Crippen molar-refractivity contribution >= 4 is 32.7 Å². The number of pyridine rings is 2. The van der Waals surface area contributed by atoms with Crippen molar-refractivity contribution in [1.82, 2.24) is 14.5 Å². The van der Waals surface area contributed by atoms with Gasteiger partial charge in [-0.1, -0.05) is 18.2 Å². The largest absolute Gasteiger partial charge is 0.294 e. The normalized spacial score (nSPS) is 12.6. The fraction of sp³-hybridized carbons (Fsp3) is 0.0500. The number of benzene rings is 1. The molecule has 0 atom stereocenters. The zero-order valence-corrected chi connectivity index (χ0v) is 14.1. The molecule has 4 nitrogen and oxygen atoms in total. The van der Waals surface area contributed by atoms with Gasteiger partial charge >= 0.3 is 0 Å². The number of para-hydroxylation sites is 1. The highest BCUT2D eigenvalue weighted by Crippen LogP contribution is 2.39. The average Bonchev–Trinajstić information content (AvgIpc) is 3.29. The fourth-order valence-corrected chi connectivity index (χ4v) is 5.08. The Morgan fingerprint density at radius 3 is 2.68 bits per heavy atom. The van der Waals surface area contributed by atoms with Crippen LogP contribution in [0.1, 0.15) is 5.56 Å². The van der Waals surface area contributed by atoms with Crippen LogP contribution in [0.2, 0.25) is 0 Å². The van der Waals surface area contributed by atoms with Crippen molar-refractivity contribution in [2.75, 3.05) is 0 Å². The molecule has 25 heavy (non-hydrogen) atoms. The topological polar surface area (TPSA) is 34.6 Å². The van der Waals surface area contributed by atoms with Crippen LogP contribution in [0.25, 0.3) is 37.8 Å². The highest BCUT2D eigenvalue weighted by atomic mass is 32.1. The average molecular weight is 341 g/mol. The lowest BCUT2D eigenvalue weighted by Gasteiger charge is -2.04. The molecule has 6 rings (SSSR count). The van der Waals surface area contributed by atoms with Gasteiger partial charge in [0.05, 0.1) is 11.1 Å². The maximum absolute atomic E-state index is 4.71. The molecule has 118 valence electrons. The summed E-state index contributed by atoms with van der Waals surface area (Å²) in [7, 11) is 0. The lowest BCUT2D eigenvalue weighted by atomic mass is 10.2. The van der Waals surface area contributed by atoms with E-state index in [1.54, 1.807) is 11.3 Å². The summed E-state index contributed by atoms with van der Waals surface area (Å²) in [5.74, 6) is 0. The summed E-state index contributed by atoms with van der Waals surface area (Å²) in [6.45, 7) is 0.864. The van der Waals surface area contributed by atoms with Crippen LogP contribution in [0, 0.1) is 0 Å². The molecule has 0 spiro atoms. The van der Waals surface area contributed by atoms with Crippen molar-refractivity contribution < 1.29 is 4.57 Å². The first-order valence-corrected chi connectivity index (χ1v) is 9.05. The SMILES string of the molecule is c1ccc(-n2c3cccnc3c3c2sc2[n+]3Cc3cccnc3-2)cc1. The Morgan fingerprint density at radius 1 is 0.920 bits per heavy atom. The molecule has 5 heterocycles. The van der Waals surface area contributed by atoms with E-state index < -0.39 is 0 Å². The number of aromatic nitrogens is 4. The highest BCUT2D eigenvalue weighted by molar-refractivity contribution is 7.21. The van der Waals surface area contributed by atoms with Gasteiger partial charge in [0.2, 0.25) is 0 Å². The number of thiazole rings is 1. The Morgan fingerprint density at radius 2 is 1.76 bits per heavy atom. The van der Waals surface area contributed by atoms with Gasteiger partial charge in [-0.25, -0.2) is 9.97 Å². The van der Waals surface area contributed by atoms with E-state index in [1.165, 1.54) is 20.9 Å². The molecular formula is C20H13N4S+. The van der Waals surface area contributed by atoms with E-state index in [-0.39, 0.29) is 0 Å². The van der Waals surface area contributed by atoms with Crippen molar-refractivity contribution in [3.05, 3.63) is 72.6 Å². The van der Waals surface area contributed by atoms with Gasteiger partial charge in [-0.3, -0.25) is 4.57 Å². The Bertz CT molecular complexity index is 1270. The van der Waals surface area contributed by atoms with Crippen molar-refractivity contribution in [2.45, 2.75) is 6.54 Å². The minimum absolute atomic E-state index is 0.864. The number of hydrogen-bond acceptors (Lipinski definition) is 3. The summed E-state index contributed by atoms with van der Waals surface area (Å²) in [4.78, 5) is 10.6. The first-order valence-electron chi connectivity index (χ1n) is 8.23. The van der Waals surface area contributed by atoms with Gasteiger partial charge in [0, 0.05) is 18.1 Å². The molecule has 0 aliphatic carbocycles. The molecule has 0 amide bonds. The van der Waals surface area contributed by atoms with E-state index in [0.29, 0.717) is 0 Å². The first kappa shape index (κ1) is 13.3. The highest BCUT2D eigenvalue weighted by Gasteiger charge is 2.36. The number of rotatable bonds is 1. The fourth-order valence-electron chi connectivity index (χ4n) is 3.75. The summed E-state index contributed by atoms with van der Waals surface area (Å²) in [5, 5.41) is 1.22. The maximum Gasteiger partial charge on any atom is 0.291 e. The van der Waals surface area contributed by atoms with Gasteiger partial charge in [-0.2, -0.15) is 4.57 Å². The van der Waals surface area contributed by atoms with Crippen LogP contribution < -0.4 is 4.57 Å². The lowest BCUT2D eigenvalue weighted by molar-refractivity contribution is -0.641. The predicted molar refractivity (Wildman–Crippen MR) is 99.0 cm³/mol. The smallest absolute Gasteiger partial charge is 0.291 e.